The van der Waals surface area contributed by atoms with Crippen LogP contribution in [0.25, 0.3) is 0 Å². The van der Waals surface area contributed by atoms with Crippen molar-refractivity contribution in [3.05, 3.63) is 52.8 Å². The molecule has 2 N–H and O–H groups in total. The number of aryl methyl sites for hydroxylation is 2. The van der Waals surface area contributed by atoms with E-state index in [0.29, 0.717) is 13.0 Å². The predicted octanol–water partition coefficient (Wildman–Crippen LogP) is 2.12. The maximum atomic E-state index is 12.8. The Balaban J connectivity index is 1.78. The zero-order valence-electron chi connectivity index (χ0n) is 14.4. The van der Waals surface area contributed by atoms with E-state index < -0.39 is 0 Å². The zero-order valence-corrected chi connectivity index (χ0v) is 14.4. The number of hydrogen-bond donors (Lipinski definition) is 2. The molecule has 0 bridgehead atoms. The van der Waals surface area contributed by atoms with E-state index in [0.717, 1.165) is 41.9 Å². The van der Waals surface area contributed by atoms with Gasteiger partial charge in [-0.15, -0.1) is 0 Å². The Bertz CT molecular complexity index is 691. The normalized spacial score (nSPS) is 21.0. The monoisotopic (exact) mass is 327 g/mol. The minimum atomic E-state index is -0.352. The van der Waals surface area contributed by atoms with Crippen molar-refractivity contribution in [3.63, 3.8) is 0 Å². The van der Waals surface area contributed by atoms with Gasteiger partial charge in [0.1, 0.15) is 0 Å². The number of hydrogen-bond acceptors (Lipinski definition) is 3. The van der Waals surface area contributed by atoms with E-state index in [1.165, 1.54) is 0 Å². The number of aromatic nitrogens is 2. The van der Waals surface area contributed by atoms with Crippen molar-refractivity contribution in [3.8, 4) is 0 Å². The van der Waals surface area contributed by atoms with Gasteiger partial charge in [0, 0.05) is 29.8 Å². The van der Waals surface area contributed by atoms with Crippen molar-refractivity contribution in [1.29, 1.82) is 0 Å². The fraction of sp³-hybridized carbons (Fsp3) is 0.474. The lowest BCUT2D eigenvalue weighted by molar-refractivity contribution is -0.133. The molecule has 24 heavy (non-hydrogen) atoms. The number of piperidine rings is 1. The maximum Gasteiger partial charge on any atom is 0.227 e. The lowest BCUT2D eigenvalue weighted by Crippen LogP contribution is -2.50. The van der Waals surface area contributed by atoms with Crippen LogP contribution in [0.2, 0.25) is 0 Å². The lowest BCUT2D eigenvalue weighted by atomic mass is 9.74. The molecular formula is C19H25N3O2. The van der Waals surface area contributed by atoms with Crippen LogP contribution in [0, 0.1) is 13.8 Å². The fourth-order valence-electron chi connectivity index (χ4n) is 3.69. The average Bonchev–Trinajstić information content (AvgIpc) is 2.94. The van der Waals surface area contributed by atoms with Gasteiger partial charge in [0.25, 0.3) is 0 Å². The minimum absolute atomic E-state index is 0.0601. The molecule has 2 heterocycles. The van der Waals surface area contributed by atoms with Crippen LogP contribution in [0.3, 0.4) is 0 Å². The van der Waals surface area contributed by atoms with Crippen LogP contribution in [-0.4, -0.2) is 45.8 Å². The van der Waals surface area contributed by atoms with Gasteiger partial charge in [0.05, 0.1) is 18.7 Å². The van der Waals surface area contributed by atoms with E-state index in [1.54, 1.807) is 0 Å². The number of carbonyl (C=O) groups is 1. The molecule has 1 fully saturated rings. The highest BCUT2D eigenvalue weighted by Crippen LogP contribution is 2.34. The van der Waals surface area contributed by atoms with E-state index in [2.05, 4.69) is 22.3 Å². The molecule has 1 aliphatic rings. The van der Waals surface area contributed by atoms with Crippen LogP contribution in [-0.2, 0) is 16.6 Å². The number of nitrogens with zero attached hydrogens (tertiary/aromatic N) is 2. The van der Waals surface area contributed by atoms with Crippen LogP contribution in [0.1, 0.15) is 35.4 Å². The lowest BCUT2D eigenvalue weighted by Gasteiger charge is -2.42. The van der Waals surface area contributed by atoms with Crippen LogP contribution < -0.4 is 0 Å². The second-order valence-corrected chi connectivity index (χ2v) is 6.81. The molecule has 1 aliphatic heterocycles. The molecule has 0 aliphatic carbocycles. The van der Waals surface area contributed by atoms with Crippen LogP contribution in [0.15, 0.2) is 30.3 Å². The summed E-state index contributed by atoms with van der Waals surface area (Å²) >= 11 is 0. The number of H-pyrrole nitrogens is 1. The number of carbonyl (C=O) groups excluding carboxylic acids is 1. The molecule has 1 aromatic carbocycles. The molecule has 0 radical (unpaired) electrons. The predicted molar refractivity (Wildman–Crippen MR) is 92.8 cm³/mol. The second kappa shape index (κ2) is 6.77. The van der Waals surface area contributed by atoms with Gasteiger partial charge >= 0.3 is 0 Å². The zero-order chi connectivity index (χ0) is 17.2. The molecule has 2 aromatic rings. The molecular weight excluding hydrogens is 302 g/mol. The summed E-state index contributed by atoms with van der Waals surface area (Å²) in [6.45, 7) is 5.25. The smallest absolute Gasteiger partial charge is 0.227 e. The summed E-state index contributed by atoms with van der Waals surface area (Å²) in [6.07, 6.45) is 2.18. The topological polar surface area (TPSA) is 69.2 Å². The van der Waals surface area contributed by atoms with Crippen molar-refractivity contribution >= 4 is 5.91 Å². The van der Waals surface area contributed by atoms with Crippen molar-refractivity contribution in [2.24, 2.45) is 0 Å². The molecule has 1 amide bonds. The highest BCUT2D eigenvalue weighted by atomic mass is 16.3. The Kier molecular flexibility index (Phi) is 4.71. The van der Waals surface area contributed by atoms with Crippen LogP contribution >= 0.6 is 0 Å². The summed E-state index contributed by atoms with van der Waals surface area (Å²) in [4.78, 5) is 14.7. The van der Waals surface area contributed by atoms with E-state index in [9.17, 15) is 9.90 Å². The first-order valence-electron chi connectivity index (χ1n) is 8.50. The molecule has 3 rings (SSSR count). The van der Waals surface area contributed by atoms with Crippen molar-refractivity contribution in [1.82, 2.24) is 15.1 Å². The Morgan fingerprint density at radius 1 is 1.33 bits per heavy atom. The quantitative estimate of drug-likeness (QED) is 0.904. The second-order valence-electron chi connectivity index (χ2n) is 6.81. The third-order valence-electron chi connectivity index (χ3n) is 5.23. The molecule has 0 spiro atoms. The van der Waals surface area contributed by atoms with Crippen molar-refractivity contribution in [2.75, 3.05) is 19.7 Å². The Morgan fingerprint density at radius 3 is 2.71 bits per heavy atom. The standard InChI is InChI=1S/C19H25N3O2/c1-14-17(15(2)21-20-14)11-18(24)22-10-6-9-19(12-22,13-23)16-7-4-3-5-8-16/h3-5,7-8,23H,6,9-13H2,1-2H3,(H,20,21). The van der Waals surface area contributed by atoms with Gasteiger partial charge in [-0.1, -0.05) is 30.3 Å². The third kappa shape index (κ3) is 3.08. The Hall–Kier alpha value is -2.14. The maximum absolute atomic E-state index is 12.8. The summed E-state index contributed by atoms with van der Waals surface area (Å²) < 4.78 is 0. The SMILES string of the molecule is Cc1n[nH]c(C)c1CC(=O)N1CCCC(CO)(c2ccccc2)C1. The molecule has 0 saturated carbocycles. The first kappa shape index (κ1) is 16.7. The molecule has 1 atom stereocenters. The summed E-state index contributed by atoms with van der Waals surface area (Å²) in [5.74, 6) is 0.107. The number of aliphatic hydroxyl groups excluding tert-OH is 1. The highest BCUT2D eigenvalue weighted by molar-refractivity contribution is 5.79. The number of likely N-dealkylation sites (tertiary alicyclic amines) is 1. The number of aromatic amines is 1. The van der Waals surface area contributed by atoms with Crippen LogP contribution in [0.4, 0.5) is 0 Å². The van der Waals surface area contributed by atoms with E-state index >= 15 is 0 Å². The molecule has 1 saturated heterocycles. The number of aliphatic hydroxyl groups is 1. The van der Waals surface area contributed by atoms with E-state index in [1.807, 2.05) is 36.9 Å². The molecule has 5 heteroatoms. The molecule has 1 unspecified atom stereocenters. The number of amides is 1. The first-order chi connectivity index (χ1) is 11.6. The summed E-state index contributed by atoms with van der Waals surface area (Å²) in [6, 6.07) is 10.1. The number of nitrogens with one attached hydrogen (secondary N) is 1. The highest BCUT2D eigenvalue weighted by Gasteiger charge is 2.38. The Morgan fingerprint density at radius 2 is 2.08 bits per heavy atom. The minimum Gasteiger partial charge on any atom is -0.395 e. The van der Waals surface area contributed by atoms with Crippen molar-refractivity contribution < 1.29 is 9.90 Å². The fourth-order valence-corrected chi connectivity index (χ4v) is 3.69. The van der Waals surface area contributed by atoms with Gasteiger partial charge in [-0.05, 0) is 32.3 Å². The number of benzene rings is 1. The van der Waals surface area contributed by atoms with Gasteiger partial charge in [-0.25, -0.2) is 0 Å². The van der Waals surface area contributed by atoms with E-state index in [-0.39, 0.29) is 17.9 Å². The average molecular weight is 327 g/mol. The third-order valence-corrected chi connectivity index (χ3v) is 5.23. The Labute approximate surface area is 142 Å². The summed E-state index contributed by atoms with van der Waals surface area (Å²) in [5, 5.41) is 17.2. The largest absolute Gasteiger partial charge is 0.395 e. The van der Waals surface area contributed by atoms with Gasteiger partial charge in [0.2, 0.25) is 5.91 Å². The van der Waals surface area contributed by atoms with Gasteiger partial charge in [-0.3, -0.25) is 9.89 Å². The molecule has 128 valence electrons. The summed E-state index contributed by atoms with van der Waals surface area (Å²) in [5.41, 5.74) is 3.58. The number of rotatable bonds is 4. The first-order valence-corrected chi connectivity index (χ1v) is 8.50. The molecule has 5 nitrogen and oxygen atoms in total. The van der Waals surface area contributed by atoms with Crippen LogP contribution in [0.5, 0.6) is 0 Å². The molecule has 1 aromatic heterocycles. The van der Waals surface area contributed by atoms with Gasteiger partial charge in [0.15, 0.2) is 0 Å². The van der Waals surface area contributed by atoms with Gasteiger partial charge in [-0.2, -0.15) is 5.10 Å². The summed E-state index contributed by atoms with van der Waals surface area (Å²) in [7, 11) is 0. The van der Waals surface area contributed by atoms with Gasteiger partial charge < -0.3 is 10.0 Å². The van der Waals surface area contributed by atoms with Crippen molar-refractivity contribution in [2.45, 2.75) is 38.5 Å². The van der Waals surface area contributed by atoms with E-state index in [4.69, 9.17) is 0 Å².